The van der Waals surface area contributed by atoms with Gasteiger partial charge >= 0.3 is 0 Å². The number of aryl methyl sites for hydroxylation is 1. The molecule has 0 aliphatic carbocycles. The van der Waals surface area contributed by atoms with E-state index in [2.05, 4.69) is 35.9 Å². The molecule has 1 aliphatic rings. The first-order chi connectivity index (χ1) is 12.2. The van der Waals surface area contributed by atoms with Gasteiger partial charge in [-0.05, 0) is 24.3 Å². The zero-order valence-corrected chi connectivity index (χ0v) is 15.9. The Bertz CT molecular complexity index is 861. The highest BCUT2D eigenvalue weighted by Gasteiger charge is 2.34. The van der Waals surface area contributed by atoms with Crippen LogP contribution in [-0.4, -0.2) is 51.8 Å². The smallest absolute Gasteiger partial charge is 0.263 e. The van der Waals surface area contributed by atoms with Gasteiger partial charge in [-0.1, -0.05) is 20.8 Å². The van der Waals surface area contributed by atoms with Gasteiger partial charge in [0.1, 0.15) is 5.56 Å². The summed E-state index contributed by atoms with van der Waals surface area (Å²) >= 11 is 0. The van der Waals surface area contributed by atoms with Crippen LogP contribution < -0.4 is 10.5 Å². The Balaban J connectivity index is 1.65. The largest absolute Gasteiger partial charge is 0.351 e. The Morgan fingerprint density at radius 3 is 2.46 bits per heavy atom. The summed E-state index contributed by atoms with van der Waals surface area (Å²) in [6.07, 6.45) is 1.64. The number of aromatic nitrogens is 3. The van der Waals surface area contributed by atoms with Crippen molar-refractivity contribution in [3.05, 3.63) is 52.1 Å². The molecule has 7 nitrogen and oxygen atoms in total. The monoisotopic (exact) mass is 355 g/mol. The van der Waals surface area contributed by atoms with Crippen LogP contribution in [0.1, 0.15) is 36.8 Å². The van der Waals surface area contributed by atoms with Gasteiger partial charge in [0.05, 0.1) is 11.7 Å². The van der Waals surface area contributed by atoms with E-state index in [1.807, 2.05) is 12.1 Å². The van der Waals surface area contributed by atoms with Crippen LogP contribution in [0.5, 0.6) is 0 Å². The van der Waals surface area contributed by atoms with E-state index in [1.165, 1.54) is 4.57 Å². The van der Waals surface area contributed by atoms with Gasteiger partial charge in [0.25, 0.3) is 11.5 Å². The van der Waals surface area contributed by atoms with Crippen LogP contribution in [0.3, 0.4) is 0 Å². The fourth-order valence-corrected chi connectivity index (χ4v) is 2.90. The van der Waals surface area contributed by atoms with Crippen molar-refractivity contribution >= 4 is 11.7 Å². The Hall–Kier alpha value is -2.70. The summed E-state index contributed by atoms with van der Waals surface area (Å²) in [5, 5.41) is 8.62. The van der Waals surface area contributed by atoms with Crippen LogP contribution in [0.4, 0.5) is 5.82 Å². The van der Waals surface area contributed by atoms with Crippen molar-refractivity contribution in [1.29, 1.82) is 0 Å². The minimum absolute atomic E-state index is 0.0302. The van der Waals surface area contributed by atoms with Crippen LogP contribution in [0.25, 0.3) is 0 Å². The summed E-state index contributed by atoms with van der Waals surface area (Å²) in [5.74, 6) is 0.565. The lowest BCUT2D eigenvalue weighted by molar-refractivity contribution is 0.0702. The summed E-state index contributed by atoms with van der Waals surface area (Å²) in [6, 6.07) is 7.31. The Morgan fingerprint density at radius 2 is 1.88 bits per heavy atom. The molecule has 1 amide bonds. The molecule has 0 radical (unpaired) electrons. The van der Waals surface area contributed by atoms with E-state index in [-0.39, 0.29) is 28.5 Å². The number of carbonyl (C=O) groups excluding carboxylic acids is 1. The number of amides is 1. The quantitative estimate of drug-likeness (QED) is 0.833. The molecule has 1 fully saturated rings. The fraction of sp³-hybridized carbons (Fsp3) is 0.474. The highest BCUT2D eigenvalue weighted by molar-refractivity contribution is 5.94. The number of hydrogen-bond donors (Lipinski definition) is 0. The van der Waals surface area contributed by atoms with Gasteiger partial charge < -0.3 is 14.4 Å². The molecular weight excluding hydrogens is 330 g/mol. The summed E-state index contributed by atoms with van der Waals surface area (Å²) in [6.45, 7) is 7.66. The molecule has 0 saturated carbocycles. The number of hydrogen-bond acceptors (Lipinski definition) is 5. The standard InChI is InChI=1S/C19H25N5O2/c1-19(2,3)15-8-9-16(21-20-15)24-11-13(12-24)23(5)18(26)14-7-6-10-22(4)17(14)25/h6-10,13H,11-12H2,1-5H3. The Labute approximate surface area is 153 Å². The normalized spacial score (nSPS) is 14.9. The molecular formula is C19H25N5O2. The molecule has 138 valence electrons. The second-order valence-corrected chi connectivity index (χ2v) is 7.84. The zero-order chi connectivity index (χ0) is 19.1. The van der Waals surface area contributed by atoms with Crippen LogP contribution in [-0.2, 0) is 12.5 Å². The number of carbonyl (C=O) groups is 1. The van der Waals surface area contributed by atoms with Gasteiger partial charge in [-0.25, -0.2) is 0 Å². The van der Waals surface area contributed by atoms with E-state index in [4.69, 9.17) is 0 Å². The molecule has 2 aromatic rings. The van der Waals surface area contributed by atoms with Crippen molar-refractivity contribution in [2.75, 3.05) is 25.0 Å². The molecule has 1 aliphatic heterocycles. The third-order valence-corrected chi connectivity index (χ3v) is 4.83. The van der Waals surface area contributed by atoms with E-state index in [0.29, 0.717) is 13.1 Å². The van der Waals surface area contributed by atoms with Crippen molar-refractivity contribution in [3.63, 3.8) is 0 Å². The summed E-state index contributed by atoms with van der Waals surface area (Å²) in [7, 11) is 3.38. The highest BCUT2D eigenvalue weighted by atomic mass is 16.2. The maximum absolute atomic E-state index is 12.6. The van der Waals surface area contributed by atoms with Crippen molar-refractivity contribution in [3.8, 4) is 0 Å². The average molecular weight is 355 g/mol. The van der Waals surface area contributed by atoms with Gasteiger partial charge in [0.2, 0.25) is 0 Å². The van der Waals surface area contributed by atoms with Gasteiger partial charge in [-0.2, -0.15) is 5.10 Å². The van der Waals surface area contributed by atoms with Gasteiger partial charge in [-0.15, -0.1) is 5.10 Å². The molecule has 0 atom stereocenters. The molecule has 7 heteroatoms. The highest BCUT2D eigenvalue weighted by Crippen LogP contribution is 2.24. The molecule has 0 N–H and O–H groups in total. The Morgan fingerprint density at radius 1 is 1.19 bits per heavy atom. The molecule has 0 unspecified atom stereocenters. The second-order valence-electron chi connectivity index (χ2n) is 7.84. The predicted octanol–water partition coefficient (Wildman–Crippen LogP) is 1.43. The third kappa shape index (κ3) is 3.34. The van der Waals surface area contributed by atoms with E-state index < -0.39 is 0 Å². The first kappa shape index (κ1) is 18.1. The van der Waals surface area contributed by atoms with E-state index in [0.717, 1.165) is 11.5 Å². The van der Waals surface area contributed by atoms with Crippen molar-refractivity contribution in [2.24, 2.45) is 7.05 Å². The van der Waals surface area contributed by atoms with E-state index in [9.17, 15) is 9.59 Å². The minimum atomic E-state index is -0.274. The van der Waals surface area contributed by atoms with Crippen LogP contribution in [0, 0.1) is 0 Å². The average Bonchev–Trinajstić information content (AvgIpc) is 2.55. The number of pyridine rings is 1. The van der Waals surface area contributed by atoms with Gasteiger partial charge in [-0.3, -0.25) is 9.59 Å². The molecule has 2 aromatic heterocycles. The number of anilines is 1. The molecule has 3 rings (SSSR count). The van der Waals surface area contributed by atoms with Crippen LogP contribution >= 0.6 is 0 Å². The van der Waals surface area contributed by atoms with Crippen molar-refractivity contribution < 1.29 is 4.79 Å². The predicted molar refractivity (Wildman–Crippen MR) is 101 cm³/mol. The van der Waals surface area contributed by atoms with Gasteiger partial charge in [0, 0.05) is 38.8 Å². The molecule has 0 bridgehead atoms. The van der Waals surface area contributed by atoms with Crippen molar-refractivity contribution in [1.82, 2.24) is 19.7 Å². The molecule has 0 spiro atoms. The molecule has 0 aromatic carbocycles. The second kappa shape index (κ2) is 6.55. The van der Waals surface area contributed by atoms with E-state index >= 15 is 0 Å². The molecule has 1 saturated heterocycles. The van der Waals surface area contributed by atoms with Gasteiger partial charge in [0.15, 0.2) is 5.82 Å². The Kier molecular flexibility index (Phi) is 4.56. The van der Waals surface area contributed by atoms with Crippen LogP contribution in [0.2, 0.25) is 0 Å². The zero-order valence-electron chi connectivity index (χ0n) is 15.9. The SMILES string of the molecule is CN(C(=O)c1cccn(C)c1=O)C1CN(c2ccc(C(C)(C)C)nn2)C1. The maximum atomic E-state index is 12.6. The number of rotatable bonds is 3. The lowest BCUT2D eigenvalue weighted by atomic mass is 9.92. The minimum Gasteiger partial charge on any atom is -0.351 e. The topological polar surface area (TPSA) is 71.3 Å². The fourth-order valence-electron chi connectivity index (χ4n) is 2.90. The maximum Gasteiger partial charge on any atom is 0.263 e. The first-order valence-electron chi connectivity index (χ1n) is 8.70. The number of nitrogens with zero attached hydrogens (tertiary/aromatic N) is 5. The van der Waals surface area contributed by atoms with Crippen molar-refractivity contribution in [2.45, 2.75) is 32.2 Å². The number of likely N-dealkylation sites (N-methyl/N-ethyl adjacent to an activating group) is 1. The summed E-state index contributed by atoms with van der Waals surface area (Å²) in [4.78, 5) is 28.5. The summed E-state index contributed by atoms with van der Waals surface area (Å²) < 4.78 is 1.42. The third-order valence-electron chi connectivity index (χ3n) is 4.83. The van der Waals surface area contributed by atoms with E-state index in [1.54, 1.807) is 37.3 Å². The van der Waals surface area contributed by atoms with Crippen LogP contribution in [0.15, 0.2) is 35.3 Å². The lowest BCUT2D eigenvalue weighted by Gasteiger charge is -2.44. The molecule has 3 heterocycles. The molecule has 26 heavy (non-hydrogen) atoms. The first-order valence-corrected chi connectivity index (χ1v) is 8.70. The summed E-state index contributed by atoms with van der Waals surface area (Å²) in [5.41, 5.74) is 0.845. The lowest BCUT2D eigenvalue weighted by Crippen LogP contribution is -2.60.